The van der Waals surface area contributed by atoms with Crippen LogP contribution in [0.3, 0.4) is 0 Å². The summed E-state index contributed by atoms with van der Waals surface area (Å²) in [6, 6.07) is 0.234. The zero-order valence-electron chi connectivity index (χ0n) is 10.9. The number of amides is 1. The maximum Gasteiger partial charge on any atom is 0.416 e. The second-order valence-corrected chi connectivity index (χ2v) is 5.93. The highest BCUT2D eigenvalue weighted by atomic mass is 32.2. The highest BCUT2D eigenvalue weighted by Crippen LogP contribution is 2.23. The van der Waals surface area contributed by atoms with E-state index in [0.29, 0.717) is 0 Å². The summed E-state index contributed by atoms with van der Waals surface area (Å²) in [7, 11) is 1.69. The largest absolute Gasteiger partial charge is 0.443 e. The lowest BCUT2D eigenvalue weighted by Crippen LogP contribution is -2.36. The van der Waals surface area contributed by atoms with Crippen molar-refractivity contribution in [1.29, 1.82) is 0 Å². The van der Waals surface area contributed by atoms with E-state index >= 15 is 0 Å². The monoisotopic (exact) mass is 256 g/mol. The number of aliphatic imine (C=N–C) groups is 1. The molecule has 0 bridgehead atoms. The molecule has 17 heavy (non-hydrogen) atoms. The van der Waals surface area contributed by atoms with Gasteiger partial charge in [-0.05, 0) is 27.2 Å². The first-order valence-electron chi connectivity index (χ1n) is 5.61. The number of carbonyl (C=O) groups excluding carboxylic acids is 1. The van der Waals surface area contributed by atoms with Crippen molar-refractivity contribution < 1.29 is 9.53 Å². The molecule has 1 heterocycles. The van der Waals surface area contributed by atoms with Gasteiger partial charge in [0, 0.05) is 12.8 Å². The first-order chi connectivity index (χ1) is 7.83. The molecule has 1 aliphatic heterocycles. The van der Waals surface area contributed by atoms with Crippen LogP contribution in [0.2, 0.25) is 0 Å². The number of carbonyl (C=O) groups is 1. The topological polar surface area (TPSA) is 41.9 Å². The zero-order valence-corrected chi connectivity index (χ0v) is 11.7. The number of rotatable bonds is 2. The molecule has 0 aromatic heterocycles. The lowest BCUT2D eigenvalue weighted by molar-refractivity contribution is 0.0406. The van der Waals surface area contributed by atoms with Crippen LogP contribution in [0.25, 0.3) is 0 Å². The summed E-state index contributed by atoms with van der Waals surface area (Å²) in [5.74, 6) is 0.897. The molecule has 1 aliphatic rings. The number of hydrogen-bond donors (Lipinski definition) is 0. The highest BCUT2D eigenvalue weighted by molar-refractivity contribution is 8.14. The van der Waals surface area contributed by atoms with Crippen LogP contribution < -0.4 is 0 Å². The summed E-state index contributed by atoms with van der Waals surface area (Å²) < 4.78 is 5.28. The van der Waals surface area contributed by atoms with Crippen LogP contribution in [0, 0.1) is 0 Å². The number of hydrogen-bond acceptors (Lipinski definition) is 4. The van der Waals surface area contributed by atoms with Gasteiger partial charge in [-0.3, -0.25) is 9.89 Å². The molecule has 0 aliphatic carbocycles. The zero-order chi connectivity index (χ0) is 13.1. The van der Waals surface area contributed by atoms with E-state index in [9.17, 15) is 4.79 Å². The van der Waals surface area contributed by atoms with Crippen LogP contribution in [-0.4, -0.2) is 40.6 Å². The molecule has 0 radical (unpaired) electrons. The summed E-state index contributed by atoms with van der Waals surface area (Å²) >= 11 is 1.58. The van der Waals surface area contributed by atoms with Gasteiger partial charge in [-0.15, -0.1) is 6.58 Å². The van der Waals surface area contributed by atoms with Gasteiger partial charge in [0.2, 0.25) is 0 Å². The summed E-state index contributed by atoms with van der Waals surface area (Å²) in [4.78, 5) is 17.7. The molecule has 1 unspecified atom stereocenters. The number of ether oxygens (including phenoxy) is 1. The number of thioether (sulfide) groups is 1. The molecule has 0 fully saturated rings. The molecular formula is C12H20N2O2S. The van der Waals surface area contributed by atoms with Crippen LogP contribution in [-0.2, 0) is 4.74 Å². The molecule has 96 valence electrons. The smallest absolute Gasteiger partial charge is 0.416 e. The average molecular weight is 256 g/mol. The van der Waals surface area contributed by atoms with Crippen molar-refractivity contribution in [1.82, 2.24) is 4.90 Å². The lowest BCUT2D eigenvalue weighted by atomic mass is 10.2. The van der Waals surface area contributed by atoms with E-state index in [2.05, 4.69) is 11.6 Å². The first kappa shape index (κ1) is 14.1. The van der Waals surface area contributed by atoms with E-state index in [0.717, 1.165) is 17.3 Å². The Morgan fingerprint density at radius 3 is 2.88 bits per heavy atom. The van der Waals surface area contributed by atoms with E-state index in [4.69, 9.17) is 4.74 Å². The second-order valence-electron chi connectivity index (χ2n) is 4.94. The fraction of sp³-hybridized carbons (Fsp3) is 0.667. The van der Waals surface area contributed by atoms with Gasteiger partial charge in [0.05, 0.1) is 6.04 Å². The lowest BCUT2D eigenvalue weighted by Gasteiger charge is -2.24. The van der Waals surface area contributed by atoms with Crippen LogP contribution in [0.15, 0.2) is 17.6 Å². The Labute approximate surface area is 107 Å². The van der Waals surface area contributed by atoms with Gasteiger partial charge in [0.1, 0.15) is 5.60 Å². The first-order valence-corrected chi connectivity index (χ1v) is 6.60. The molecule has 0 spiro atoms. The molecule has 0 N–H and O–H groups in total. The van der Waals surface area contributed by atoms with Gasteiger partial charge in [-0.25, -0.2) is 4.79 Å². The van der Waals surface area contributed by atoms with Crippen LogP contribution in [0.4, 0.5) is 4.79 Å². The molecule has 0 aromatic carbocycles. The molecule has 1 amide bonds. The van der Waals surface area contributed by atoms with Crippen molar-refractivity contribution in [3.8, 4) is 0 Å². The van der Waals surface area contributed by atoms with E-state index in [-0.39, 0.29) is 12.1 Å². The Balaban J connectivity index is 2.59. The normalized spacial score (nSPS) is 19.8. The van der Waals surface area contributed by atoms with Gasteiger partial charge < -0.3 is 4.74 Å². The van der Waals surface area contributed by atoms with E-state index in [1.807, 2.05) is 26.8 Å². The van der Waals surface area contributed by atoms with Crippen molar-refractivity contribution in [2.75, 3.05) is 12.8 Å². The number of amidine groups is 1. The van der Waals surface area contributed by atoms with Crippen LogP contribution in [0.1, 0.15) is 27.2 Å². The van der Waals surface area contributed by atoms with Crippen molar-refractivity contribution in [3.63, 3.8) is 0 Å². The molecule has 0 saturated carbocycles. The van der Waals surface area contributed by atoms with Crippen LogP contribution >= 0.6 is 11.8 Å². The molecule has 1 atom stereocenters. The van der Waals surface area contributed by atoms with Gasteiger partial charge >= 0.3 is 6.09 Å². The average Bonchev–Trinajstić information content (AvgIpc) is 2.63. The van der Waals surface area contributed by atoms with Crippen LogP contribution in [0.5, 0.6) is 0 Å². The van der Waals surface area contributed by atoms with Crippen molar-refractivity contribution in [2.24, 2.45) is 4.99 Å². The van der Waals surface area contributed by atoms with E-state index < -0.39 is 5.60 Å². The number of nitrogens with zero attached hydrogens (tertiary/aromatic N) is 2. The highest BCUT2D eigenvalue weighted by Gasteiger charge is 2.27. The Bertz CT molecular complexity index is 334. The minimum atomic E-state index is -0.476. The van der Waals surface area contributed by atoms with Crippen molar-refractivity contribution in [3.05, 3.63) is 12.7 Å². The molecule has 4 nitrogen and oxygen atoms in total. The third-order valence-corrected chi connectivity index (χ3v) is 3.28. The summed E-state index contributed by atoms with van der Waals surface area (Å²) in [6.07, 6.45) is 2.34. The maximum atomic E-state index is 11.8. The molecule has 1 rings (SSSR count). The minimum absolute atomic E-state index is 0.234. The minimum Gasteiger partial charge on any atom is -0.443 e. The fourth-order valence-electron chi connectivity index (χ4n) is 1.31. The fourth-order valence-corrected chi connectivity index (χ4v) is 2.35. The third-order valence-electron chi connectivity index (χ3n) is 2.09. The summed E-state index contributed by atoms with van der Waals surface area (Å²) in [6.45, 7) is 9.24. The van der Waals surface area contributed by atoms with Gasteiger partial charge in [0.15, 0.2) is 5.17 Å². The molecule has 5 heteroatoms. The van der Waals surface area contributed by atoms with Crippen molar-refractivity contribution in [2.45, 2.75) is 38.8 Å². The third kappa shape index (κ3) is 4.42. The van der Waals surface area contributed by atoms with Crippen molar-refractivity contribution >= 4 is 23.0 Å². The van der Waals surface area contributed by atoms with E-state index in [1.165, 1.54) is 4.90 Å². The Morgan fingerprint density at radius 2 is 2.35 bits per heavy atom. The van der Waals surface area contributed by atoms with Gasteiger partial charge in [-0.1, -0.05) is 17.8 Å². The Kier molecular flexibility index (Phi) is 4.62. The second kappa shape index (κ2) is 5.58. The summed E-state index contributed by atoms with van der Waals surface area (Å²) in [5.41, 5.74) is -0.476. The maximum absolute atomic E-state index is 11.8. The SMILES string of the molecule is C=CCC1CSC(N(C)C(=O)OC(C)(C)C)=N1. The van der Waals surface area contributed by atoms with Gasteiger partial charge in [-0.2, -0.15) is 0 Å². The van der Waals surface area contributed by atoms with E-state index in [1.54, 1.807) is 18.8 Å². The predicted octanol–water partition coefficient (Wildman–Crippen LogP) is 2.90. The molecular weight excluding hydrogens is 236 g/mol. The Morgan fingerprint density at radius 1 is 1.71 bits per heavy atom. The Hall–Kier alpha value is -0.970. The standard InChI is InChI=1S/C12H20N2O2S/c1-6-7-9-8-17-10(13-9)14(5)11(15)16-12(2,3)4/h6,9H,1,7-8H2,2-5H3. The quantitative estimate of drug-likeness (QED) is 0.713. The molecule has 0 aromatic rings. The summed E-state index contributed by atoms with van der Waals surface area (Å²) in [5, 5.41) is 0.728. The predicted molar refractivity (Wildman–Crippen MR) is 72.5 cm³/mol. The van der Waals surface area contributed by atoms with Gasteiger partial charge in [0.25, 0.3) is 0 Å². The molecule has 0 saturated heterocycles.